The van der Waals surface area contributed by atoms with Crippen LogP contribution in [-0.2, 0) is 4.79 Å². The minimum Gasteiger partial charge on any atom is -0.342 e. The molecule has 0 aliphatic rings. The highest BCUT2D eigenvalue weighted by Gasteiger charge is 2.22. The van der Waals surface area contributed by atoms with Crippen LogP contribution in [-0.4, -0.2) is 11.7 Å². The first kappa shape index (κ1) is 14.3. The quantitative estimate of drug-likeness (QED) is 0.876. The van der Waals surface area contributed by atoms with Crippen molar-refractivity contribution >= 4 is 23.3 Å². The van der Waals surface area contributed by atoms with Crippen LogP contribution in [0.15, 0.2) is 54.6 Å². The maximum absolute atomic E-state index is 12.5. The molecule has 0 aliphatic heterocycles. The Balaban J connectivity index is 2.35. The van der Waals surface area contributed by atoms with Gasteiger partial charge in [-0.25, -0.2) is 0 Å². The SMILES string of the molecule is CC(=O)NC(C(=O)c1ccccc1)c1ccc(Cl)cc1. The maximum Gasteiger partial charge on any atom is 0.217 e. The minimum atomic E-state index is -0.702. The molecule has 0 saturated heterocycles. The Labute approximate surface area is 122 Å². The van der Waals surface area contributed by atoms with Crippen molar-refractivity contribution in [1.29, 1.82) is 0 Å². The number of nitrogens with one attached hydrogen (secondary N) is 1. The molecule has 0 fully saturated rings. The van der Waals surface area contributed by atoms with E-state index < -0.39 is 6.04 Å². The molecule has 0 aromatic heterocycles. The largest absolute Gasteiger partial charge is 0.342 e. The van der Waals surface area contributed by atoms with E-state index in [1.807, 2.05) is 6.07 Å². The average Bonchev–Trinajstić information content (AvgIpc) is 2.46. The van der Waals surface area contributed by atoms with Crippen molar-refractivity contribution < 1.29 is 9.59 Å². The Morgan fingerprint density at radius 1 is 1.00 bits per heavy atom. The topological polar surface area (TPSA) is 46.2 Å². The maximum atomic E-state index is 12.5. The lowest BCUT2D eigenvalue weighted by atomic mass is 9.97. The van der Waals surface area contributed by atoms with Gasteiger partial charge in [-0.05, 0) is 17.7 Å². The third-order valence-electron chi connectivity index (χ3n) is 2.87. The van der Waals surface area contributed by atoms with Crippen LogP contribution < -0.4 is 5.32 Å². The van der Waals surface area contributed by atoms with Crippen molar-refractivity contribution in [3.05, 3.63) is 70.7 Å². The molecule has 0 saturated carbocycles. The van der Waals surface area contributed by atoms with Crippen molar-refractivity contribution in [2.45, 2.75) is 13.0 Å². The normalized spacial score (nSPS) is 11.7. The molecule has 102 valence electrons. The lowest BCUT2D eigenvalue weighted by Gasteiger charge is -2.17. The Morgan fingerprint density at radius 3 is 2.15 bits per heavy atom. The Morgan fingerprint density at radius 2 is 1.60 bits per heavy atom. The number of carbonyl (C=O) groups excluding carboxylic acids is 2. The molecule has 2 aromatic rings. The third kappa shape index (κ3) is 3.45. The molecule has 4 heteroatoms. The Bertz CT molecular complexity index is 608. The van der Waals surface area contributed by atoms with Gasteiger partial charge in [-0.2, -0.15) is 0 Å². The number of ketones is 1. The second-order valence-corrected chi connectivity index (χ2v) is 4.85. The van der Waals surface area contributed by atoms with E-state index in [-0.39, 0.29) is 11.7 Å². The predicted octanol–water partition coefficient (Wildman–Crippen LogP) is 3.40. The van der Waals surface area contributed by atoms with Crippen molar-refractivity contribution in [3.63, 3.8) is 0 Å². The van der Waals surface area contributed by atoms with Crippen molar-refractivity contribution in [1.82, 2.24) is 5.32 Å². The molecule has 2 aromatic carbocycles. The van der Waals surface area contributed by atoms with E-state index in [4.69, 9.17) is 11.6 Å². The van der Waals surface area contributed by atoms with Crippen LogP contribution in [0.1, 0.15) is 28.9 Å². The summed E-state index contributed by atoms with van der Waals surface area (Å²) < 4.78 is 0. The minimum absolute atomic E-state index is 0.150. The van der Waals surface area contributed by atoms with E-state index >= 15 is 0 Å². The van der Waals surface area contributed by atoms with Crippen LogP contribution in [0.5, 0.6) is 0 Å². The summed E-state index contributed by atoms with van der Waals surface area (Å²) in [5.41, 5.74) is 1.26. The second kappa shape index (κ2) is 6.35. The molecule has 0 radical (unpaired) electrons. The highest BCUT2D eigenvalue weighted by Crippen LogP contribution is 2.20. The zero-order valence-electron chi connectivity index (χ0n) is 11.0. The van der Waals surface area contributed by atoms with Gasteiger partial charge in [0.25, 0.3) is 0 Å². The predicted molar refractivity (Wildman–Crippen MR) is 78.8 cm³/mol. The van der Waals surface area contributed by atoms with Gasteiger partial charge in [-0.1, -0.05) is 54.1 Å². The number of carbonyl (C=O) groups is 2. The molecule has 1 amide bonds. The van der Waals surface area contributed by atoms with Crippen LogP contribution in [0.2, 0.25) is 5.02 Å². The molecular weight excluding hydrogens is 274 g/mol. The highest BCUT2D eigenvalue weighted by atomic mass is 35.5. The molecule has 0 heterocycles. The number of rotatable bonds is 4. The molecule has 0 bridgehead atoms. The Hall–Kier alpha value is -2.13. The fourth-order valence-corrected chi connectivity index (χ4v) is 2.05. The number of hydrogen-bond acceptors (Lipinski definition) is 2. The van der Waals surface area contributed by atoms with E-state index in [1.54, 1.807) is 48.5 Å². The summed E-state index contributed by atoms with van der Waals surface area (Å²) in [5.74, 6) is -0.405. The summed E-state index contributed by atoms with van der Waals surface area (Å²) in [5, 5.41) is 3.27. The summed E-state index contributed by atoms with van der Waals surface area (Å²) in [4.78, 5) is 23.9. The molecular formula is C16H14ClNO2. The summed E-state index contributed by atoms with van der Waals surface area (Å²) >= 11 is 5.85. The number of Topliss-reactive ketones (excluding diaryl/α,β-unsaturated/α-hetero) is 1. The molecule has 1 atom stereocenters. The van der Waals surface area contributed by atoms with Gasteiger partial charge in [-0.3, -0.25) is 9.59 Å². The van der Waals surface area contributed by atoms with Crippen molar-refractivity contribution in [3.8, 4) is 0 Å². The average molecular weight is 288 g/mol. The summed E-state index contributed by atoms with van der Waals surface area (Å²) in [7, 11) is 0. The number of benzene rings is 2. The van der Waals surface area contributed by atoms with Gasteiger partial charge in [-0.15, -0.1) is 0 Å². The molecule has 1 unspecified atom stereocenters. The van der Waals surface area contributed by atoms with E-state index in [0.29, 0.717) is 16.1 Å². The van der Waals surface area contributed by atoms with Crippen LogP contribution in [0.3, 0.4) is 0 Å². The first-order valence-corrected chi connectivity index (χ1v) is 6.57. The standard InChI is InChI=1S/C16H14ClNO2/c1-11(19)18-15(12-7-9-14(17)10-8-12)16(20)13-5-3-2-4-6-13/h2-10,15H,1H3,(H,18,19). The molecule has 0 aliphatic carbocycles. The fourth-order valence-electron chi connectivity index (χ4n) is 1.93. The monoisotopic (exact) mass is 287 g/mol. The molecule has 3 nitrogen and oxygen atoms in total. The second-order valence-electron chi connectivity index (χ2n) is 4.42. The van der Waals surface area contributed by atoms with Crippen LogP contribution in [0.25, 0.3) is 0 Å². The van der Waals surface area contributed by atoms with Crippen LogP contribution in [0, 0.1) is 0 Å². The summed E-state index contributed by atoms with van der Waals surface area (Å²) in [6.45, 7) is 1.39. The van der Waals surface area contributed by atoms with Gasteiger partial charge in [0.05, 0.1) is 0 Å². The number of hydrogen-bond donors (Lipinski definition) is 1. The lowest BCUT2D eigenvalue weighted by Crippen LogP contribution is -2.32. The molecule has 1 N–H and O–H groups in total. The molecule has 2 rings (SSSR count). The van der Waals surface area contributed by atoms with Gasteiger partial charge in [0.1, 0.15) is 6.04 Å². The number of amides is 1. The van der Waals surface area contributed by atoms with Gasteiger partial charge in [0, 0.05) is 17.5 Å². The molecule has 20 heavy (non-hydrogen) atoms. The third-order valence-corrected chi connectivity index (χ3v) is 3.12. The van der Waals surface area contributed by atoms with Gasteiger partial charge in [0.15, 0.2) is 5.78 Å². The van der Waals surface area contributed by atoms with Crippen LogP contribution >= 0.6 is 11.6 Å². The Kier molecular flexibility index (Phi) is 4.53. The van der Waals surface area contributed by atoms with E-state index in [0.717, 1.165) is 0 Å². The van der Waals surface area contributed by atoms with Crippen LogP contribution in [0.4, 0.5) is 0 Å². The smallest absolute Gasteiger partial charge is 0.217 e. The van der Waals surface area contributed by atoms with E-state index in [2.05, 4.69) is 5.32 Å². The summed E-state index contributed by atoms with van der Waals surface area (Å²) in [6.07, 6.45) is 0. The van der Waals surface area contributed by atoms with E-state index in [1.165, 1.54) is 6.92 Å². The number of halogens is 1. The lowest BCUT2D eigenvalue weighted by molar-refractivity contribution is -0.119. The van der Waals surface area contributed by atoms with Gasteiger partial charge >= 0.3 is 0 Å². The van der Waals surface area contributed by atoms with Crippen molar-refractivity contribution in [2.75, 3.05) is 0 Å². The van der Waals surface area contributed by atoms with Gasteiger partial charge < -0.3 is 5.32 Å². The van der Waals surface area contributed by atoms with Crippen molar-refractivity contribution in [2.24, 2.45) is 0 Å². The van der Waals surface area contributed by atoms with E-state index in [9.17, 15) is 9.59 Å². The zero-order valence-corrected chi connectivity index (χ0v) is 11.7. The first-order chi connectivity index (χ1) is 9.58. The highest BCUT2D eigenvalue weighted by molar-refractivity contribution is 6.30. The molecule has 0 spiro atoms. The fraction of sp³-hybridized carbons (Fsp3) is 0.125. The zero-order chi connectivity index (χ0) is 14.5. The van der Waals surface area contributed by atoms with Gasteiger partial charge in [0.2, 0.25) is 5.91 Å². The summed E-state index contributed by atoms with van der Waals surface area (Å²) in [6, 6.07) is 15.1. The first-order valence-electron chi connectivity index (χ1n) is 6.20.